The van der Waals surface area contributed by atoms with E-state index in [0.29, 0.717) is 0 Å². The molecule has 0 saturated carbocycles. The Bertz CT molecular complexity index is 934. The molecule has 0 unspecified atom stereocenters. The van der Waals surface area contributed by atoms with Gasteiger partial charge in [0, 0.05) is 30.6 Å². The number of ether oxygens (including phenoxy) is 1. The van der Waals surface area contributed by atoms with Crippen LogP contribution in [0.4, 0.5) is 5.82 Å². The van der Waals surface area contributed by atoms with Crippen LogP contribution in [0.25, 0.3) is 21.3 Å². The Labute approximate surface area is 168 Å². The second-order valence-corrected chi connectivity index (χ2v) is 8.05. The van der Waals surface area contributed by atoms with Crippen LogP contribution in [-0.4, -0.2) is 54.3 Å². The molecule has 6 nitrogen and oxygen atoms in total. The number of thiophene rings is 1. The molecular formula is C21H24N4O2S. The second-order valence-electron chi connectivity index (χ2n) is 7.19. The van der Waals surface area contributed by atoms with Gasteiger partial charge in [0.05, 0.1) is 31.8 Å². The monoisotopic (exact) mass is 396 g/mol. The fraction of sp³-hybridized carbons (Fsp3) is 0.429. The molecule has 3 aromatic rings. The lowest BCUT2D eigenvalue weighted by atomic mass is 10.1. The van der Waals surface area contributed by atoms with Crippen molar-refractivity contribution in [2.45, 2.75) is 19.4 Å². The SMILES string of the molecule is c1ccc(-c2csc3nc(CN4CCOCC4)nc(N4CCCCO4)c23)cc1. The summed E-state index contributed by atoms with van der Waals surface area (Å²) in [4.78, 5) is 19.3. The fourth-order valence-electron chi connectivity index (χ4n) is 3.77. The number of benzene rings is 1. The molecule has 2 saturated heterocycles. The second kappa shape index (κ2) is 8.13. The Kier molecular flexibility index (Phi) is 5.22. The number of hydroxylamine groups is 1. The topological polar surface area (TPSA) is 50.7 Å². The molecule has 0 N–H and O–H groups in total. The highest BCUT2D eigenvalue weighted by Gasteiger charge is 2.23. The van der Waals surface area contributed by atoms with E-state index in [1.54, 1.807) is 11.3 Å². The molecule has 2 aliphatic rings. The van der Waals surface area contributed by atoms with Crippen LogP contribution in [0, 0.1) is 0 Å². The summed E-state index contributed by atoms with van der Waals surface area (Å²) in [5.41, 5.74) is 2.37. The third-order valence-electron chi connectivity index (χ3n) is 5.25. The lowest BCUT2D eigenvalue weighted by molar-refractivity contribution is 0.0330. The van der Waals surface area contributed by atoms with E-state index in [1.165, 1.54) is 11.1 Å². The number of anilines is 1. The molecular weight excluding hydrogens is 372 g/mol. The lowest BCUT2D eigenvalue weighted by Gasteiger charge is -2.29. The molecule has 5 rings (SSSR count). The average molecular weight is 397 g/mol. The van der Waals surface area contributed by atoms with E-state index in [9.17, 15) is 0 Å². The van der Waals surface area contributed by atoms with Crippen LogP contribution in [0.3, 0.4) is 0 Å². The first kappa shape index (κ1) is 18.0. The van der Waals surface area contributed by atoms with Crippen LogP contribution in [0.5, 0.6) is 0 Å². The fourth-order valence-corrected chi connectivity index (χ4v) is 4.73. The molecule has 0 atom stereocenters. The summed E-state index contributed by atoms with van der Waals surface area (Å²) in [6.07, 6.45) is 2.22. The molecule has 7 heteroatoms. The number of hydrogen-bond donors (Lipinski definition) is 0. The highest BCUT2D eigenvalue weighted by molar-refractivity contribution is 7.17. The molecule has 28 heavy (non-hydrogen) atoms. The zero-order chi connectivity index (χ0) is 18.8. The maximum absolute atomic E-state index is 5.99. The number of hydrogen-bond acceptors (Lipinski definition) is 7. The predicted octanol–water partition coefficient (Wildman–Crippen LogP) is 3.72. The van der Waals surface area contributed by atoms with Crippen molar-refractivity contribution in [3.8, 4) is 11.1 Å². The van der Waals surface area contributed by atoms with E-state index >= 15 is 0 Å². The van der Waals surface area contributed by atoms with Gasteiger partial charge < -0.3 is 4.74 Å². The van der Waals surface area contributed by atoms with Gasteiger partial charge in [-0.15, -0.1) is 11.3 Å². The van der Waals surface area contributed by atoms with E-state index in [-0.39, 0.29) is 0 Å². The standard InChI is InChI=1S/C21H24N4O2S/c1-2-6-16(7-3-1)17-15-28-21-19(17)20(25-8-4-5-11-27-25)22-18(23-21)14-24-9-12-26-13-10-24/h1-3,6-7,15H,4-5,8-14H2. The van der Waals surface area contributed by atoms with E-state index in [0.717, 1.165) is 80.7 Å². The Morgan fingerprint density at radius 1 is 0.964 bits per heavy atom. The first-order valence-electron chi connectivity index (χ1n) is 9.92. The Hall–Kier alpha value is -2.06. The van der Waals surface area contributed by atoms with Crippen LogP contribution < -0.4 is 5.06 Å². The minimum absolute atomic E-state index is 0.745. The molecule has 0 amide bonds. The first-order valence-corrected chi connectivity index (χ1v) is 10.8. The largest absolute Gasteiger partial charge is 0.379 e. The van der Waals surface area contributed by atoms with Crippen molar-refractivity contribution in [1.29, 1.82) is 0 Å². The molecule has 0 aliphatic carbocycles. The third-order valence-corrected chi connectivity index (χ3v) is 6.13. The molecule has 0 spiro atoms. The number of morpholine rings is 1. The Morgan fingerprint density at radius 2 is 1.82 bits per heavy atom. The highest BCUT2D eigenvalue weighted by Crippen LogP contribution is 2.39. The van der Waals surface area contributed by atoms with Crippen LogP contribution in [0.2, 0.25) is 0 Å². The summed E-state index contributed by atoms with van der Waals surface area (Å²) in [7, 11) is 0. The molecule has 1 aromatic carbocycles. The van der Waals surface area contributed by atoms with Gasteiger partial charge in [0.2, 0.25) is 0 Å². The van der Waals surface area contributed by atoms with Gasteiger partial charge in [-0.25, -0.2) is 15.0 Å². The first-order chi connectivity index (χ1) is 13.9. The number of fused-ring (bicyclic) bond motifs is 1. The van der Waals surface area contributed by atoms with Crippen molar-refractivity contribution in [1.82, 2.24) is 14.9 Å². The molecule has 0 bridgehead atoms. The smallest absolute Gasteiger partial charge is 0.165 e. The van der Waals surface area contributed by atoms with E-state index < -0.39 is 0 Å². The summed E-state index contributed by atoms with van der Waals surface area (Å²) in [5, 5.41) is 5.28. The molecule has 2 aromatic heterocycles. The zero-order valence-electron chi connectivity index (χ0n) is 15.8. The van der Waals surface area contributed by atoms with Gasteiger partial charge in [-0.3, -0.25) is 9.74 Å². The van der Waals surface area contributed by atoms with Crippen molar-refractivity contribution in [3.63, 3.8) is 0 Å². The maximum Gasteiger partial charge on any atom is 0.165 e. The maximum atomic E-state index is 5.99. The van der Waals surface area contributed by atoms with Crippen molar-refractivity contribution in [2.24, 2.45) is 0 Å². The van der Waals surface area contributed by atoms with Crippen LogP contribution in [-0.2, 0) is 16.1 Å². The summed E-state index contributed by atoms with van der Waals surface area (Å²) in [6.45, 7) is 5.78. The van der Waals surface area contributed by atoms with Gasteiger partial charge in [-0.2, -0.15) is 0 Å². The zero-order valence-corrected chi connectivity index (χ0v) is 16.7. The van der Waals surface area contributed by atoms with Crippen LogP contribution in [0.1, 0.15) is 18.7 Å². The summed E-state index contributed by atoms with van der Waals surface area (Å²) < 4.78 is 5.47. The molecule has 2 aliphatic heterocycles. The molecule has 146 valence electrons. The summed E-state index contributed by atoms with van der Waals surface area (Å²) in [6, 6.07) is 10.5. The van der Waals surface area contributed by atoms with Crippen molar-refractivity contribution in [2.75, 3.05) is 44.5 Å². The molecule has 4 heterocycles. The van der Waals surface area contributed by atoms with Gasteiger partial charge in [0.1, 0.15) is 10.7 Å². The van der Waals surface area contributed by atoms with E-state index in [2.05, 4.69) is 34.5 Å². The lowest BCUT2D eigenvalue weighted by Crippen LogP contribution is -2.36. The van der Waals surface area contributed by atoms with Crippen molar-refractivity contribution < 1.29 is 9.57 Å². The average Bonchev–Trinajstić information content (AvgIpc) is 3.19. The van der Waals surface area contributed by atoms with E-state index in [1.807, 2.05) is 11.1 Å². The van der Waals surface area contributed by atoms with Gasteiger partial charge in [0.25, 0.3) is 0 Å². The minimum atomic E-state index is 0.745. The van der Waals surface area contributed by atoms with Crippen LogP contribution >= 0.6 is 11.3 Å². The predicted molar refractivity (Wildman–Crippen MR) is 111 cm³/mol. The van der Waals surface area contributed by atoms with Crippen molar-refractivity contribution >= 4 is 27.4 Å². The van der Waals surface area contributed by atoms with Gasteiger partial charge in [-0.1, -0.05) is 30.3 Å². The minimum Gasteiger partial charge on any atom is -0.379 e. The third kappa shape index (κ3) is 3.63. The molecule has 0 radical (unpaired) electrons. The van der Waals surface area contributed by atoms with Crippen LogP contribution in [0.15, 0.2) is 35.7 Å². The van der Waals surface area contributed by atoms with Gasteiger partial charge in [-0.05, 0) is 18.4 Å². The van der Waals surface area contributed by atoms with E-state index in [4.69, 9.17) is 19.5 Å². The van der Waals surface area contributed by atoms with Gasteiger partial charge in [0.15, 0.2) is 5.82 Å². The number of nitrogens with zero attached hydrogens (tertiary/aromatic N) is 4. The Morgan fingerprint density at radius 3 is 2.61 bits per heavy atom. The Balaban J connectivity index is 1.58. The number of rotatable bonds is 4. The van der Waals surface area contributed by atoms with Gasteiger partial charge >= 0.3 is 0 Å². The molecule has 2 fully saturated rings. The van der Waals surface area contributed by atoms with Crippen molar-refractivity contribution in [3.05, 3.63) is 41.5 Å². The summed E-state index contributed by atoms with van der Waals surface area (Å²) >= 11 is 1.69. The number of aromatic nitrogens is 2. The summed E-state index contributed by atoms with van der Waals surface area (Å²) in [5.74, 6) is 1.77. The quantitative estimate of drug-likeness (QED) is 0.670. The normalized spacial score (nSPS) is 18.6. The highest BCUT2D eigenvalue weighted by atomic mass is 32.1.